The number of nitrogens with two attached hydrogens (primary N) is 1. The lowest BCUT2D eigenvalue weighted by atomic mass is 10.1. The van der Waals surface area contributed by atoms with Crippen molar-refractivity contribution in [3.63, 3.8) is 0 Å². The number of nitrogen functional groups attached to an aromatic ring is 1. The van der Waals surface area contributed by atoms with Crippen molar-refractivity contribution >= 4 is 27.7 Å². The van der Waals surface area contributed by atoms with Crippen molar-refractivity contribution in [2.45, 2.75) is 13.0 Å². The number of hydrogen-bond acceptors (Lipinski definition) is 5. The van der Waals surface area contributed by atoms with Gasteiger partial charge in [-0.3, -0.25) is 0 Å². The fraction of sp³-hybridized carbons (Fsp3) is 0.333. The van der Waals surface area contributed by atoms with E-state index in [4.69, 9.17) is 10.5 Å². The number of morpholine rings is 1. The van der Waals surface area contributed by atoms with E-state index in [0.717, 1.165) is 34.6 Å². The maximum Gasteiger partial charge on any atom is 0.222 e. The SMILES string of the molecule is Cc1cc(N2CCO[C@H](c3ccccc3Br)C2)nc(N)n1. The van der Waals surface area contributed by atoms with Crippen molar-refractivity contribution in [1.82, 2.24) is 9.97 Å². The third-order valence-corrected chi connectivity index (χ3v) is 4.22. The summed E-state index contributed by atoms with van der Waals surface area (Å²) in [7, 11) is 0. The lowest BCUT2D eigenvalue weighted by Crippen LogP contribution is -2.39. The number of nitrogens with zero attached hydrogens (tertiary/aromatic N) is 3. The second-order valence-electron chi connectivity index (χ2n) is 5.05. The van der Waals surface area contributed by atoms with Gasteiger partial charge in [-0.2, -0.15) is 4.98 Å². The first kappa shape index (κ1) is 14.3. The number of halogens is 1. The van der Waals surface area contributed by atoms with Gasteiger partial charge in [0.2, 0.25) is 5.95 Å². The highest BCUT2D eigenvalue weighted by atomic mass is 79.9. The average molecular weight is 349 g/mol. The monoisotopic (exact) mass is 348 g/mol. The molecule has 6 heteroatoms. The van der Waals surface area contributed by atoms with Crippen LogP contribution in [0.1, 0.15) is 17.4 Å². The van der Waals surface area contributed by atoms with Crippen LogP contribution in [0, 0.1) is 6.92 Å². The summed E-state index contributed by atoms with van der Waals surface area (Å²) in [4.78, 5) is 10.6. The minimum absolute atomic E-state index is 0.0193. The van der Waals surface area contributed by atoms with E-state index in [1.54, 1.807) is 0 Å². The van der Waals surface area contributed by atoms with Crippen molar-refractivity contribution in [2.24, 2.45) is 0 Å². The second-order valence-corrected chi connectivity index (χ2v) is 5.91. The Morgan fingerprint density at radius 2 is 2.14 bits per heavy atom. The Morgan fingerprint density at radius 1 is 1.33 bits per heavy atom. The molecule has 0 amide bonds. The lowest BCUT2D eigenvalue weighted by Gasteiger charge is -2.34. The van der Waals surface area contributed by atoms with Crippen LogP contribution in [-0.2, 0) is 4.74 Å². The van der Waals surface area contributed by atoms with Gasteiger partial charge >= 0.3 is 0 Å². The molecule has 0 aliphatic carbocycles. The van der Waals surface area contributed by atoms with Crippen molar-refractivity contribution in [3.8, 4) is 0 Å². The summed E-state index contributed by atoms with van der Waals surface area (Å²) in [5, 5.41) is 0. The minimum Gasteiger partial charge on any atom is -0.370 e. The zero-order valence-electron chi connectivity index (χ0n) is 11.8. The molecule has 0 bridgehead atoms. The number of ether oxygens (including phenoxy) is 1. The maximum absolute atomic E-state index is 5.91. The first-order valence-electron chi connectivity index (χ1n) is 6.85. The number of rotatable bonds is 2. The molecule has 21 heavy (non-hydrogen) atoms. The van der Waals surface area contributed by atoms with Crippen molar-refractivity contribution in [2.75, 3.05) is 30.3 Å². The molecule has 2 heterocycles. The molecule has 1 fully saturated rings. The van der Waals surface area contributed by atoms with E-state index < -0.39 is 0 Å². The van der Waals surface area contributed by atoms with Gasteiger partial charge in [0.05, 0.1) is 6.61 Å². The van der Waals surface area contributed by atoms with Gasteiger partial charge in [-0.25, -0.2) is 4.98 Å². The molecule has 1 atom stereocenters. The fourth-order valence-electron chi connectivity index (χ4n) is 2.52. The third kappa shape index (κ3) is 3.16. The molecular weight excluding hydrogens is 332 g/mol. The van der Waals surface area contributed by atoms with E-state index in [2.05, 4.69) is 36.9 Å². The van der Waals surface area contributed by atoms with E-state index in [0.29, 0.717) is 12.6 Å². The molecule has 0 saturated carbocycles. The number of aromatic nitrogens is 2. The summed E-state index contributed by atoms with van der Waals surface area (Å²) < 4.78 is 6.98. The molecule has 1 aliphatic heterocycles. The quantitative estimate of drug-likeness (QED) is 0.903. The maximum atomic E-state index is 5.91. The zero-order chi connectivity index (χ0) is 14.8. The predicted octanol–water partition coefficient (Wildman–Crippen LogP) is 2.71. The van der Waals surface area contributed by atoms with Crippen LogP contribution in [0.25, 0.3) is 0 Å². The molecule has 110 valence electrons. The van der Waals surface area contributed by atoms with E-state index in [9.17, 15) is 0 Å². The topological polar surface area (TPSA) is 64.3 Å². The van der Waals surface area contributed by atoms with Gasteiger partial charge in [0.15, 0.2) is 0 Å². The number of hydrogen-bond donors (Lipinski definition) is 1. The average Bonchev–Trinajstić information content (AvgIpc) is 2.47. The van der Waals surface area contributed by atoms with E-state index in [-0.39, 0.29) is 6.10 Å². The minimum atomic E-state index is 0.0193. The van der Waals surface area contributed by atoms with Crippen LogP contribution in [0.5, 0.6) is 0 Å². The highest BCUT2D eigenvalue weighted by Gasteiger charge is 2.24. The Kier molecular flexibility index (Phi) is 4.07. The fourth-order valence-corrected chi connectivity index (χ4v) is 3.06. The van der Waals surface area contributed by atoms with Crippen LogP contribution in [0.4, 0.5) is 11.8 Å². The summed E-state index contributed by atoms with van der Waals surface area (Å²) >= 11 is 3.59. The molecule has 5 nitrogen and oxygen atoms in total. The van der Waals surface area contributed by atoms with Crippen LogP contribution >= 0.6 is 15.9 Å². The summed E-state index contributed by atoms with van der Waals surface area (Å²) in [5.41, 5.74) is 7.78. The van der Waals surface area contributed by atoms with Crippen molar-refractivity contribution < 1.29 is 4.74 Å². The first-order valence-corrected chi connectivity index (χ1v) is 7.65. The molecule has 0 spiro atoms. The van der Waals surface area contributed by atoms with Crippen molar-refractivity contribution in [1.29, 1.82) is 0 Å². The Bertz CT molecular complexity index is 629. The molecule has 2 N–H and O–H groups in total. The highest BCUT2D eigenvalue weighted by Crippen LogP contribution is 2.30. The van der Waals surface area contributed by atoms with Gasteiger partial charge in [-0.1, -0.05) is 34.1 Å². The number of anilines is 2. The lowest BCUT2D eigenvalue weighted by molar-refractivity contribution is 0.0391. The summed E-state index contributed by atoms with van der Waals surface area (Å²) in [6.45, 7) is 4.14. The van der Waals surface area contributed by atoms with Crippen molar-refractivity contribution in [3.05, 3.63) is 46.1 Å². The van der Waals surface area contributed by atoms with Gasteiger partial charge in [0.25, 0.3) is 0 Å². The number of aryl methyl sites for hydroxylation is 1. The summed E-state index contributed by atoms with van der Waals surface area (Å²) in [6, 6.07) is 10.1. The molecule has 0 radical (unpaired) electrons. The van der Waals surface area contributed by atoms with Crippen LogP contribution < -0.4 is 10.6 Å². The van der Waals surface area contributed by atoms with Crippen LogP contribution in [0.2, 0.25) is 0 Å². The standard InChI is InChI=1S/C15H17BrN4O/c1-10-8-14(19-15(17)18-10)20-6-7-21-13(9-20)11-4-2-3-5-12(11)16/h2-5,8,13H,6-7,9H2,1H3,(H2,17,18,19)/t13-/m0/s1. The molecule has 3 rings (SSSR count). The number of benzene rings is 1. The van der Waals surface area contributed by atoms with Gasteiger partial charge in [0.1, 0.15) is 11.9 Å². The largest absolute Gasteiger partial charge is 0.370 e. The third-order valence-electron chi connectivity index (χ3n) is 3.50. The first-order chi connectivity index (χ1) is 10.1. The molecule has 0 unspecified atom stereocenters. The van der Waals surface area contributed by atoms with Crippen LogP contribution in [0.3, 0.4) is 0 Å². The van der Waals surface area contributed by atoms with E-state index in [1.807, 2.05) is 31.2 Å². The van der Waals surface area contributed by atoms with Gasteiger partial charge < -0.3 is 15.4 Å². The second kappa shape index (κ2) is 5.99. The molecule has 1 aromatic carbocycles. The molecule has 2 aromatic rings. The molecule has 1 aromatic heterocycles. The Morgan fingerprint density at radius 3 is 2.90 bits per heavy atom. The smallest absolute Gasteiger partial charge is 0.222 e. The van der Waals surface area contributed by atoms with Crippen LogP contribution in [-0.4, -0.2) is 29.7 Å². The zero-order valence-corrected chi connectivity index (χ0v) is 13.4. The molecule has 1 aliphatic rings. The van der Waals surface area contributed by atoms with E-state index >= 15 is 0 Å². The van der Waals surface area contributed by atoms with E-state index in [1.165, 1.54) is 0 Å². The summed E-state index contributed by atoms with van der Waals surface area (Å²) in [6.07, 6.45) is 0.0193. The molecule has 1 saturated heterocycles. The normalized spacial score (nSPS) is 18.8. The van der Waals surface area contributed by atoms with Gasteiger partial charge in [-0.05, 0) is 18.6 Å². The Labute approximate surface area is 132 Å². The van der Waals surface area contributed by atoms with Gasteiger partial charge in [0, 0.05) is 29.3 Å². The Hall–Kier alpha value is -1.66. The predicted molar refractivity (Wildman–Crippen MR) is 86.2 cm³/mol. The van der Waals surface area contributed by atoms with Crippen LogP contribution in [0.15, 0.2) is 34.8 Å². The van der Waals surface area contributed by atoms with Gasteiger partial charge in [-0.15, -0.1) is 0 Å². The summed E-state index contributed by atoms with van der Waals surface area (Å²) in [5.74, 6) is 1.18. The Balaban J connectivity index is 1.84. The molecular formula is C15H17BrN4O. The highest BCUT2D eigenvalue weighted by molar-refractivity contribution is 9.10.